The maximum Gasteiger partial charge on any atom is 0.231 e. The van der Waals surface area contributed by atoms with Crippen LogP contribution in [0.2, 0.25) is 0 Å². The van der Waals surface area contributed by atoms with Gasteiger partial charge in [0, 0.05) is 45.0 Å². The average molecular weight is 497 g/mol. The Kier molecular flexibility index (Phi) is 7.56. The normalized spacial score (nSPS) is 23.0. The molecule has 1 unspecified atom stereocenters. The highest BCUT2D eigenvalue weighted by Gasteiger charge is 2.30. The molecule has 0 bridgehead atoms. The smallest absolute Gasteiger partial charge is 0.231 e. The third-order valence-corrected chi connectivity index (χ3v) is 6.13. The average Bonchev–Trinajstić information content (AvgIpc) is 3.31. The van der Waals surface area contributed by atoms with E-state index in [2.05, 4.69) is 20.1 Å². The summed E-state index contributed by atoms with van der Waals surface area (Å²) in [5.74, 6) is 1.16. The number of hydrogen-bond acceptors (Lipinski definition) is 3. The molecule has 0 saturated carbocycles. The summed E-state index contributed by atoms with van der Waals surface area (Å²) in [6, 6.07) is 8.75. The van der Waals surface area contributed by atoms with Gasteiger partial charge in [-0.25, -0.2) is 0 Å². The maximum atomic E-state index is 12.3. The number of halogens is 1. The number of para-hydroxylation sites is 1. The van der Waals surface area contributed by atoms with Gasteiger partial charge in [-0.15, -0.1) is 24.0 Å². The summed E-state index contributed by atoms with van der Waals surface area (Å²) < 4.78 is 0. The molecule has 0 aliphatic carbocycles. The molecule has 2 fully saturated rings. The van der Waals surface area contributed by atoms with E-state index in [-0.39, 0.29) is 29.9 Å². The van der Waals surface area contributed by atoms with Crippen LogP contribution < -0.4 is 10.2 Å². The number of carbonyl (C=O) groups excluding carboxylic acids is 1. The number of guanidine groups is 1. The summed E-state index contributed by atoms with van der Waals surface area (Å²) in [5, 5.41) is 3.48. The second-order valence-electron chi connectivity index (χ2n) is 7.81. The minimum atomic E-state index is 0. The Morgan fingerprint density at radius 1 is 1.18 bits per heavy atom. The fraction of sp³-hybridized carbons (Fsp3) is 0.619. The van der Waals surface area contributed by atoms with E-state index in [1.54, 1.807) is 0 Å². The van der Waals surface area contributed by atoms with Crippen LogP contribution in [0.3, 0.4) is 0 Å². The van der Waals surface area contributed by atoms with Crippen molar-refractivity contribution >= 4 is 41.5 Å². The quantitative estimate of drug-likeness (QED) is 0.394. The molecule has 154 valence electrons. The van der Waals surface area contributed by atoms with Gasteiger partial charge in [0.1, 0.15) is 0 Å². The largest absolute Gasteiger partial charge is 0.354 e. The lowest BCUT2D eigenvalue weighted by Crippen LogP contribution is -2.46. The van der Waals surface area contributed by atoms with E-state index in [0.717, 1.165) is 36.8 Å². The third-order valence-electron chi connectivity index (χ3n) is 6.13. The van der Waals surface area contributed by atoms with Crippen LogP contribution in [0.5, 0.6) is 0 Å². The van der Waals surface area contributed by atoms with Gasteiger partial charge in [-0.3, -0.25) is 14.7 Å². The standard InChI is InChI=1S/C21H31N5O.HI/c1-22-21(25-13-9-18(16-25)24-11-5-2-6-12-24)23-10-14-26-19-8-4-3-7-17(19)15-20(26)27;/h3-4,7-8,18H,2,5-6,9-16H2,1H3,(H,22,23);1H. The molecular formula is C21H32IN5O. The number of fused-ring (bicyclic) bond motifs is 1. The predicted molar refractivity (Wildman–Crippen MR) is 125 cm³/mol. The first-order chi connectivity index (χ1) is 13.3. The van der Waals surface area contributed by atoms with Crippen LogP contribution in [0.25, 0.3) is 0 Å². The van der Waals surface area contributed by atoms with Crippen molar-refractivity contribution in [3.05, 3.63) is 29.8 Å². The van der Waals surface area contributed by atoms with Crippen molar-refractivity contribution < 1.29 is 4.79 Å². The molecule has 3 aliphatic rings. The van der Waals surface area contributed by atoms with Crippen LogP contribution in [0.15, 0.2) is 29.3 Å². The summed E-state index contributed by atoms with van der Waals surface area (Å²) in [5.41, 5.74) is 2.20. The molecule has 3 aliphatic heterocycles. The monoisotopic (exact) mass is 497 g/mol. The van der Waals surface area contributed by atoms with Crippen molar-refractivity contribution in [1.29, 1.82) is 0 Å². The molecule has 3 heterocycles. The van der Waals surface area contributed by atoms with Crippen molar-refractivity contribution in [3.63, 3.8) is 0 Å². The molecule has 0 aromatic heterocycles. The highest BCUT2D eigenvalue weighted by molar-refractivity contribution is 14.0. The van der Waals surface area contributed by atoms with E-state index in [0.29, 0.717) is 19.0 Å². The number of nitrogens with zero attached hydrogens (tertiary/aromatic N) is 4. The fourth-order valence-electron chi connectivity index (χ4n) is 4.69. The highest BCUT2D eigenvalue weighted by atomic mass is 127. The van der Waals surface area contributed by atoms with Crippen molar-refractivity contribution in [2.24, 2.45) is 4.99 Å². The van der Waals surface area contributed by atoms with E-state index in [9.17, 15) is 4.79 Å². The molecule has 1 atom stereocenters. The molecule has 4 rings (SSSR count). The molecule has 2 saturated heterocycles. The van der Waals surface area contributed by atoms with Crippen LogP contribution in [0.4, 0.5) is 5.69 Å². The molecule has 7 heteroatoms. The Morgan fingerprint density at radius 2 is 1.96 bits per heavy atom. The second-order valence-corrected chi connectivity index (χ2v) is 7.81. The van der Waals surface area contributed by atoms with Crippen molar-refractivity contribution in [2.45, 2.75) is 38.1 Å². The summed E-state index contributed by atoms with van der Waals surface area (Å²) in [7, 11) is 1.85. The topological polar surface area (TPSA) is 51.2 Å². The number of rotatable bonds is 4. The van der Waals surface area contributed by atoms with Crippen LogP contribution in [0.1, 0.15) is 31.2 Å². The van der Waals surface area contributed by atoms with Crippen LogP contribution >= 0.6 is 24.0 Å². The SMILES string of the molecule is CN=C(NCCN1C(=O)Cc2ccccc21)N1CCC(N2CCCCC2)C1.I. The number of anilines is 1. The van der Waals surface area contributed by atoms with Gasteiger partial charge in [0.15, 0.2) is 5.96 Å². The van der Waals surface area contributed by atoms with Gasteiger partial charge in [-0.1, -0.05) is 24.6 Å². The van der Waals surface area contributed by atoms with E-state index < -0.39 is 0 Å². The van der Waals surface area contributed by atoms with Crippen LogP contribution in [0, 0.1) is 0 Å². The Hall–Kier alpha value is -1.35. The van der Waals surface area contributed by atoms with Crippen LogP contribution in [-0.2, 0) is 11.2 Å². The minimum absolute atomic E-state index is 0. The molecule has 1 amide bonds. The van der Waals surface area contributed by atoms with E-state index in [1.807, 2.05) is 36.2 Å². The summed E-state index contributed by atoms with van der Waals surface area (Å²) in [4.78, 5) is 23.7. The molecule has 1 N–H and O–H groups in total. The number of hydrogen-bond donors (Lipinski definition) is 1. The molecule has 28 heavy (non-hydrogen) atoms. The van der Waals surface area contributed by atoms with Crippen molar-refractivity contribution in [2.75, 3.05) is 51.2 Å². The molecule has 0 radical (unpaired) electrons. The zero-order valence-corrected chi connectivity index (χ0v) is 19.1. The Bertz CT molecular complexity index is 704. The number of nitrogens with one attached hydrogen (secondary N) is 1. The molecule has 1 aromatic rings. The molecule has 0 spiro atoms. The fourth-order valence-corrected chi connectivity index (χ4v) is 4.69. The Balaban J connectivity index is 0.00000225. The number of amides is 1. The van der Waals surface area contributed by atoms with Gasteiger partial charge in [0.25, 0.3) is 0 Å². The highest BCUT2D eigenvalue weighted by Crippen LogP contribution is 2.27. The summed E-state index contributed by atoms with van der Waals surface area (Å²) in [6.45, 7) is 6.02. The first-order valence-electron chi connectivity index (χ1n) is 10.3. The third kappa shape index (κ3) is 4.62. The van der Waals surface area contributed by atoms with Gasteiger partial charge >= 0.3 is 0 Å². The van der Waals surface area contributed by atoms with Gasteiger partial charge in [0.2, 0.25) is 5.91 Å². The van der Waals surface area contributed by atoms with E-state index in [1.165, 1.54) is 38.8 Å². The lowest BCUT2D eigenvalue weighted by atomic mass is 10.1. The summed E-state index contributed by atoms with van der Waals surface area (Å²) in [6.07, 6.45) is 5.81. The van der Waals surface area contributed by atoms with Gasteiger partial charge in [-0.05, 0) is 44.0 Å². The summed E-state index contributed by atoms with van der Waals surface area (Å²) >= 11 is 0. The minimum Gasteiger partial charge on any atom is -0.354 e. The number of piperidine rings is 1. The number of benzene rings is 1. The Morgan fingerprint density at radius 3 is 2.75 bits per heavy atom. The van der Waals surface area contributed by atoms with Crippen LogP contribution in [-0.4, -0.2) is 74.0 Å². The van der Waals surface area contributed by atoms with E-state index in [4.69, 9.17) is 0 Å². The second kappa shape index (κ2) is 9.91. The number of aliphatic imine (C=N–C) groups is 1. The van der Waals surface area contributed by atoms with Crippen molar-refractivity contribution in [3.8, 4) is 0 Å². The van der Waals surface area contributed by atoms with Gasteiger partial charge in [-0.2, -0.15) is 0 Å². The number of likely N-dealkylation sites (tertiary alicyclic amines) is 2. The maximum absolute atomic E-state index is 12.3. The first-order valence-corrected chi connectivity index (χ1v) is 10.3. The van der Waals surface area contributed by atoms with Crippen molar-refractivity contribution in [1.82, 2.24) is 15.1 Å². The lowest BCUT2D eigenvalue weighted by molar-refractivity contribution is -0.117. The lowest BCUT2D eigenvalue weighted by Gasteiger charge is -2.32. The number of carbonyl (C=O) groups is 1. The van der Waals surface area contributed by atoms with E-state index >= 15 is 0 Å². The molecule has 6 nitrogen and oxygen atoms in total. The van der Waals surface area contributed by atoms with Gasteiger partial charge < -0.3 is 15.1 Å². The predicted octanol–water partition coefficient (Wildman–Crippen LogP) is 2.33. The Labute approximate surface area is 185 Å². The molecular weight excluding hydrogens is 465 g/mol. The van der Waals surface area contributed by atoms with Gasteiger partial charge in [0.05, 0.1) is 6.42 Å². The zero-order chi connectivity index (χ0) is 18.6. The zero-order valence-electron chi connectivity index (χ0n) is 16.8. The first kappa shape index (κ1) is 21.4. The molecule has 1 aromatic carbocycles.